The highest BCUT2D eigenvalue weighted by molar-refractivity contribution is 5.04. The third-order valence-electron chi connectivity index (χ3n) is 6.19. The molecule has 2 nitrogen and oxygen atoms in total. The molecule has 1 N–H and O–H groups in total. The number of rotatable bonds is 2. The maximum atomic E-state index is 9.55. The molecule has 5 aliphatic rings. The first-order chi connectivity index (χ1) is 8.35. The molecular weight excluding hydrogens is 210 g/mol. The van der Waals surface area contributed by atoms with Gasteiger partial charge in [0.05, 0.1) is 6.61 Å². The number of hydrogen-bond donors (Lipinski definition) is 1. The molecule has 0 unspecified atom stereocenters. The van der Waals surface area contributed by atoms with E-state index in [1.54, 1.807) is 6.42 Å². The van der Waals surface area contributed by atoms with Gasteiger partial charge in [-0.05, 0) is 75.2 Å². The molecule has 5 rings (SSSR count). The first-order valence-corrected chi connectivity index (χ1v) is 7.71. The van der Waals surface area contributed by atoms with E-state index in [2.05, 4.69) is 4.90 Å². The molecule has 0 radical (unpaired) electrons. The van der Waals surface area contributed by atoms with Gasteiger partial charge in [-0.1, -0.05) is 0 Å². The molecule has 96 valence electrons. The van der Waals surface area contributed by atoms with Gasteiger partial charge < -0.3 is 5.11 Å². The molecular formula is C15H25NO. The van der Waals surface area contributed by atoms with Gasteiger partial charge in [-0.2, -0.15) is 0 Å². The molecule has 0 spiro atoms. The molecule has 2 heteroatoms. The van der Waals surface area contributed by atoms with Crippen LogP contribution in [-0.4, -0.2) is 35.2 Å². The lowest BCUT2D eigenvalue weighted by molar-refractivity contribution is -0.0739. The lowest BCUT2D eigenvalue weighted by Crippen LogP contribution is -2.57. The van der Waals surface area contributed by atoms with Gasteiger partial charge in [-0.25, -0.2) is 0 Å². The zero-order chi connectivity index (χ0) is 11.4. The van der Waals surface area contributed by atoms with Crippen LogP contribution in [0.5, 0.6) is 0 Å². The topological polar surface area (TPSA) is 23.5 Å². The van der Waals surface area contributed by atoms with E-state index in [-0.39, 0.29) is 0 Å². The van der Waals surface area contributed by atoms with Gasteiger partial charge in [0, 0.05) is 12.1 Å². The van der Waals surface area contributed by atoms with Crippen LogP contribution in [0.25, 0.3) is 0 Å². The Morgan fingerprint density at radius 3 is 2.18 bits per heavy atom. The summed E-state index contributed by atoms with van der Waals surface area (Å²) in [5, 5.41) is 9.55. The predicted molar refractivity (Wildman–Crippen MR) is 67.6 cm³/mol. The van der Waals surface area contributed by atoms with Crippen LogP contribution in [-0.2, 0) is 0 Å². The molecule has 1 aliphatic heterocycles. The average molecular weight is 235 g/mol. The SMILES string of the molecule is OC[C@H]1CCCN1C1C2CC3CC(C2)CC1C3. The van der Waals surface area contributed by atoms with Crippen molar-refractivity contribution in [1.29, 1.82) is 0 Å². The summed E-state index contributed by atoms with van der Waals surface area (Å²) < 4.78 is 0. The molecule has 0 aromatic carbocycles. The van der Waals surface area contributed by atoms with Crippen LogP contribution in [0.15, 0.2) is 0 Å². The molecule has 4 saturated carbocycles. The number of hydrogen-bond acceptors (Lipinski definition) is 2. The Morgan fingerprint density at radius 1 is 0.941 bits per heavy atom. The van der Waals surface area contributed by atoms with Crippen LogP contribution in [0, 0.1) is 23.7 Å². The summed E-state index contributed by atoms with van der Waals surface area (Å²) in [5.41, 5.74) is 0. The van der Waals surface area contributed by atoms with E-state index in [4.69, 9.17) is 0 Å². The summed E-state index contributed by atoms with van der Waals surface area (Å²) in [7, 11) is 0. The third-order valence-corrected chi connectivity index (χ3v) is 6.19. The third kappa shape index (κ3) is 1.60. The van der Waals surface area contributed by atoms with Crippen LogP contribution in [0.1, 0.15) is 44.9 Å². The van der Waals surface area contributed by atoms with Crippen molar-refractivity contribution in [2.75, 3.05) is 13.2 Å². The van der Waals surface area contributed by atoms with E-state index in [1.165, 1.54) is 45.1 Å². The van der Waals surface area contributed by atoms with Gasteiger partial charge in [0.15, 0.2) is 0 Å². The fraction of sp³-hybridized carbons (Fsp3) is 1.00. The highest BCUT2D eigenvalue weighted by Crippen LogP contribution is 2.55. The molecule has 1 heterocycles. The number of aliphatic hydroxyl groups excluding tert-OH is 1. The smallest absolute Gasteiger partial charge is 0.0586 e. The van der Waals surface area contributed by atoms with Gasteiger partial charge in [0.1, 0.15) is 0 Å². The molecule has 17 heavy (non-hydrogen) atoms. The van der Waals surface area contributed by atoms with Gasteiger partial charge >= 0.3 is 0 Å². The van der Waals surface area contributed by atoms with Crippen molar-refractivity contribution in [3.63, 3.8) is 0 Å². The number of nitrogens with zero attached hydrogens (tertiary/aromatic N) is 1. The molecule has 0 aromatic heterocycles. The molecule has 1 atom stereocenters. The Kier molecular flexibility index (Phi) is 2.52. The first-order valence-electron chi connectivity index (χ1n) is 7.71. The highest BCUT2D eigenvalue weighted by atomic mass is 16.3. The van der Waals surface area contributed by atoms with Gasteiger partial charge in [-0.3, -0.25) is 4.90 Å². The normalized spacial score (nSPS) is 53.5. The molecule has 0 amide bonds. The largest absolute Gasteiger partial charge is 0.395 e. The fourth-order valence-electron chi connectivity index (χ4n) is 5.88. The Labute approximate surface area is 104 Å². The maximum Gasteiger partial charge on any atom is 0.0586 e. The van der Waals surface area contributed by atoms with E-state index in [0.717, 1.165) is 29.7 Å². The molecule has 1 saturated heterocycles. The highest BCUT2D eigenvalue weighted by Gasteiger charge is 2.51. The minimum absolute atomic E-state index is 0.392. The Morgan fingerprint density at radius 2 is 1.59 bits per heavy atom. The zero-order valence-corrected chi connectivity index (χ0v) is 10.7. The number of likely N-dealkylation sites (tertiary alicyclic amines) is 1. The quantitative estimate of drug-likeness (QED) is 0.793. The van der Waals surface area contributed by atoms with E-state index >= 15 is 0 Å². The molecule has 5 fully saturated rings. The molecule has 4 aliphatic carbocycles. The van der Waals surface area contributed by atoms with E-state index in [0.29, 0.717) is 12.6 Å². The standard InChI is InChI=1S/C15H25NO/c17-9-14-2-1-3-16(14)15-12-5-10-4-11(7-12)8-13(15)6-10/h10-15,17H,1-9H2/t10?,11?,12?,13?,14-,15?/m1/s1. The predicted octanol–water partition coefficient (Wildman–Crippen LogP) is 2.27. The van der Waals surface area contributed by atoms with Gasteiger partial charge in [0.2, 0.25) is 0 Å². The van der Waals surface area contributed by atoms with Crippen LogP contribution in [0.4, 0.5) is 0 Å². The van der Waals surface area contributed by atoms with E-state index in [9.17, 15) is 5.11 Å². The van der Waals surface area contributed by atoms with Crippen LogP contribution >= 0.6 is 0 Å². The van der Waals surface area contributed by atoms with Crippen molar-refractivity contribution in [3.8, 4) is 0 Å². The van der Waals surface area contributed by atoms with Crippen molar-refractivity contribution in [3.05, 3.63) is 0 Å². The number of aliphatic hydroxyl groups is 1. The first kappa shape index (κ1) is 10.8. The maximum absolute atomic E-state index is 9.55. The van der Waals surface area contributed by atoms with Crippen molar-refractivity contribution < 1.29 is 5.11 Å². The average Bonchev–Trinajstić information content (AvgIpc) is 2.75. The zero-order valence-electron chi connectivity index (χ0n) is 10.7. The van der Waals surface area contributed by atoms with Crippen molar-refractivity contribution >= 4 is 0 Å². The lowest BCUT2D eigenvalue weighted by atomic mass is 9.54. The van der Waals surface area contributed by atoms with E-state index in [1.807, 2.05) is 0 Å². The summed E-state index contributed by atoms with van der Waals surface area (Å²) >= 11 is 0. The summed E-state index contributed by atoms with van der Waals surface area (Å²) in [5.74, 6) is 4.12. The second kappa shape index (κ2) is 3.96. The van der Waals surface area contributed by atoms with Crippen molar-refractivity contribution in [2.45, 2.75) is 57.0 Å². The lowest BCUT2D eigenvalue weighted by Gasteiger charge is -2.57. The Hall–Kier alpha value is -0.0800. The van der Waals surface area contributed by atoms with E-state index < -0.39 is 0 Å². The minimum atomic E-state index is 0.392. The summed E-state index contributed by atoms with van der Waals surface area (Å²) in [6.07, 6.45) is 10.1. The molecule has 4 bridgehead atoms. The Balaban J connectivity index is 1.57. The fourth-order valence-corrected chi connectivity index (χ4v) is 5.88. The van der Waals surface area contributed by atoms with Crippen LogP contribution in [0.3, 0.4) is 0 Å². The van der Waals surface area contributed by atoms with Crippen molar-refractivity contribution in [2.24, 2.45) is 23.7 Å². The second-order valence-corrected chi connectivity index (χ2v) is 7.14. The summed E-state index contributed by atoms with van der Waals surface area (Å²) in [6, 6.07) is 1.35. The van der Waals surface area contributed by atoms with Gasteiger partial charge in [0.25, 0.3) is 0 Å². The minimum Gasteiger partial charge on any atom is -0.395 e. The van der Waals surface area contributed by atoms with Gasteiger partial charge in [-0.15, -0.1) is 0 Å². The monoisotopic (exact) mass is 235 g/mol. The summed E-state index contributed by atoms with van der Waals surface area (Å²) in [4.78, 5) is 2.72. The van der Waals surface area contributed by atoms with Crippen LogP contribution in [0.2, 0.25) is 0 Å². The van der Waals surface area contributed by atoms with Crippen molar-refractivity contribution in [1.82, 2.24) is 4.90 Å². The second-order valence-electron chi connectivity index (χ2n) is 7.14. The Bertz CT molecular complexity index is 275. The van der Waals surface area contributed by atoms with Crippen LogP contribution < -0.4 is 0 Å². The molecule has 0 aromatic rings. The summed E-state index contributed by atoms with van der Waals surface area (Å²) in [6.45, 7) is 1.65.